The predicted octanol–water partition coefficient (Wildman–Crippen LogP) is 3.59. The number of carbonyl (C=O) groups is 2. The van der Waals surface area contributed by atoms with E-state index in [1.807, 2.05) is 0 Å². The Morgan fingerprint density at radius 3 is 2.14 bits per heavy atom. The van der Waals surface area contributed by atoms with E-state index in [1.165, 1.54) is 34.9 Å². The van der Waals surface area contributed by atoms with E-state index in [2.05, 4.69) is 5.32 Å². The van der Waals surface area contributed by atoms with Crippen LogP contribution in [-0.4, -0.2) is 21.5 Å². The number of hydrogen-bond acceptors (Lipinski definition) is 3. The molecule has 1 N–H and O–H groups in total. The van der Waals surface area contributed by atoms with Gasteiger partial charge in [-0.1, -0.05) is 24.3 Å². The summed E-state index contributed by atoms with van der Waals surface area (Å²) in [5, 5.41) is 2.18. The average Bonchev–Trinajstić information content (AvgIpc) is 3.15. The second kappa shape index (κ2) is 7.40. The van der Waals surface area contributed by atoms with Crippen LogP contribution in [0.15, 0.2) is 72.4 Å². The van der Waals surface area contributed by atoms with E-state index in [9.17, 15) is 18.4 Å². The van der Waals surface area contributed by atoms with Crippen molar-refractivity contribution in [2.75, 3.05) is 4.90 Å². The van der Waals surface area contributed by atoms with E-state index in [0.29, 0.717) is 5.69 Å². The van der Waals surface area contributed by atoms with Crippen molar-refractivity contribution in [1.29, 1.82) is 0 Å². The van der Waals surface area contributed by atoms with E-state index < -0.39 is 23.4 Å². The van der Waals surface area contributed by atoms with Crippen molar-refractivity contribution in [3.05, 3.63) is 89.8 Å². The third-order valence-corrected chi connectivity index (χ3v) is 4.66. The number of halogens is 2. The number of nitrogens with zero attached hydrogens (tertiary/aromatic N) is 2. The molecule has 0 aliphatic carbocycles. The van der Waals surface area contributed by atoms with E-state index in [1.54, 1.807) is 42.6 Å². The smallest absolute Gasteiger partial charge is 0.270 e. The maximum atomic E-state index is 14.2. The van der Waals surface area contributed by atoms with Gasteiger partial charge in [0.15, 0.2) is 5.11 Å². The molecule has 2 amide bonds. The molecule has 3 aromatic rings. The van der Waals surface area contributed by atoms with Crippen LogP contribution in [0.25, 0.3) is 11.8 Å². The van der Waals surface area contributed by atoms with Gasteiger partial charge < -0.3 is 4.57 Å². The number of para-hydroxylation sites is 2. The van der Waals surface area contributed by atoms with Gasteiger partial charge >= 0.3 is 0 Å². The lowest BCUT2D eigenvalue weighted by Crippen LogP contribution is -2.54. The van der Waals surface area contributed by atoms with Gasteiger partial charge in [-0.2, -0.15) is 0 Å². The van der Waals surface area contributed by atoms with Gasteiger partial charge in [-0.15, -0.1) is 0 Å². The van der Waals surface area contributed by atoms with E-state index in [4.69, 9.17) is 12.2 Å². The Morgan fingerprint density at radius 1 is 0.862 bits per heavy atom. The zero-order valence-corrected chi connectivity index (χ0v) is 15.6. The third kappa shape index (κ3) is 3.34. The van der Waals surface area contributed by atoms with Crippen LogP contribution >= 0.6 is 12.2 Å². The number of benzene rings is 2. The number of nitrogens with one attached hydrogen (secondary N) is 1. The fourth-order valence-corrected chi connectivity index (χ4v) is 3.31. The number of amides is 2. The molecular weight excluding hydrogens is 396 g/mol. The lowest BCUT2D eigenvalue weighted by molar-refractivity contribution is -0.122. The first-order valence-electron chi connectivity index (χ1n) is 8.55. The van der Waals surface area contributed by atoms with Crippen LogP contribution in [0.1, 0.15) is 5.69 Å². The molecule has 2 aromatic carbocycles. The molecule has 8 heteroatoms. The summed E-state index contributed by atoms with van der Waals surface area (Å²) < 4.78 is 29.9. The van der Waals surface area contributed by atoms with Gasteiger partial charge in [-0.3, -0.25) is 14.9 Å². The number of hydrogen-bond donors (Lipinski definition) is 1. The molecule has 1 aliphatic rings. The molecule has 1 fully saturated rings. The van der Waals surface area contributed by atoms with Gasteiger partial charge in [-0.05, 0) is 54.7 Å². The summed E-state index contributed by atoms with van der Waals surface area (Å²) in [6, 6.07) is 15.0. The molecule has 0 bridgehead atoms. The Balaban J connectivity index is 1.79. The van der Waals surface area contributed by atoms with Crippen molar-refractivity contribution in [3.63, 3.8) is 0 Å². The summed E-state index contributed by atoms with van der Waals surface area (Å²) in [5.74, 6) is -2.61. The van der Waals surface area contributed by atoms with Gasteiger partial charge in [0.25, 0.3) is 11.8 Å². The minimum absolute atomic E-state index is 0.0714. The molecule has 0 saturated carbocycles. The number of aromatic nitrogens is 1. The zero-order valence-electron chi connectivity index (χ0n) is 14.8. The molecule has 2 heterocycles. The number of rotatable bonds is 3. The maximum absolute atomic E-state index is 14.2. The topological polar surface area (TPSA) is 54.3 Å². The zero-order chi connectivity index (χ0) is 20.5. The van der Waals surface area contributed by atoms with Crippen molar-refractivity contribution in [2.45, 2.75) is 0 Å². The van der Waals surface area contributed by atoms with Crippen LogP contribution in [0.3, 0.4) is 0 Å². The highest BCUT2D eigenvalue weighted by molar-refractivity contribution is 7.80. The first-order valence-corrected chi connectivity index (χ1v) is 8.96. The monoisotopic (exact) mass is 409 g/mol. The number of carbonyl (C=O) groups excluding carboxylic acids is 2. The van der Waals surface area contributed by atoms with Gasteiger partial charge in [0.1, 0.15) is 17.2 Å². The molecule has 1 aliphatic heterocycles. The standard InChI is InChI=1S/C21H13F2N3O2S/c22-15-7-1-3-9-17(15)25-11-5-6-13(25)12-14-19(27)24-21(29)26(20(14)28)18-10-4-2-8-16(18)23/h1-12H,(H,24,27,29). The van der Waals surface area contributed by atoms with Crippen LogP contribution in [0.5, 0.6) is 0 Å². The normalized spacial score (nSPS) is 15.7. The third-order valence-electron chi connectivity index (χ3n) is 4.38. The predicted molar refractivity (Wildman–Crippen MR) is 108 cm³/mol. The van der Waals surface area contributed by atoms with Crippen LogP contribution in [0, 0.1) is 11.6 Å². The minimum atomic E-state index is -0.773. The van der Waals surface area contributed by atoms with Crippen LogP contribution in [0.2, 0.25) is 0 Å². The van der Waals surface area contributed by atoms with Gasteiger partial charge in [0.05, 0.1) is 11.4 Å². The molecule has 1 aromatic heterocycles. The van der Waals surface area contributed by atoms with Crippen molar-refractivity contribution >= 4 is 40.9 Å². The number of thiocarbonyl (C=S) groups is 1. The first kappa shape index (κ1) is 18.7. The Bertz CT molecular complexity index is 1190. The molecule has 5 nitrogen and oxygen atoms in total. The Labute approximate surface area is 169 Å². The molecule has 0 unspecified atom stereocenters. The van der Waals surface area contributed by atoms with Gasteiger partial charge in [0, 0.05) is 11.9 Å². The molecule has 144 valence electrons. The van der Waals surface area contributed by atoms with Crippen molar-refractivity contribution in [2.24, 2.45) is 0 Å². The van der Waals surface area contributed by atoms with Gasteiger partial charge in [-0.25, -0.2) is 13.7 Å². The molecule has 4 rings (SSSR count). The largest absolute Gasteiger partial charge is 0.314 e. The fraction of sp³-hybridized carbons (Fsp3) is 0. The fourth-order valence-electron chi connectivity index (χ4n) is 3.04. The Kier molecular flexibility index (Phi) is 4.77. The lowest BCUT2D eigenvalue weighted by Gasteiger charge is -2.29. The quantitative estimate of drug-likeness (QED) is 0.409. The molecule has 0 atom stereocenters. The van der Waals surface area contributed by atoms with Crippen LogP contribution in [-0.2, 0) is 9.59 Å². The number of anilines is 1. The second-order valence-corrected chi connectivity index (χ2v) is 6.55. The summed E-state index contributed by atoms with van der Waals surface area (Å²) >= 11 is 5.07. The SMILES string of the molecule is O=C1NC(=S)N(c2ccccc2F)C(=O)C1=Cc1cccn1-c1ccccc1F. The average molecular weight is 409 g/mol. The van der Waals surface area contributed by atoms with E-state index in [0.717, 1.165) is 4.90 Å². The Morgan fingerprint density at radius 2 is 1.48 bits per heavy atom. The lowest BCUT2D eigenvalue weighted by atomic mass is 10.1. The maximum Gasteiger partial charge on any atom is 0.270 e. The summed E-state index contributed by atoms with van der Waals surface area (Å²) in [5.41, 5.74) is 0.334. The molecule has 1 saturated heterocycles. The highest BCUT2D eigenvalue weighted by atomic mass is 32.1. The second-order valence-electron chi connectivity index (χ2n) is 6.16. The van der Waals surface area contributed by atoms with Crippen molar-refractivity contribution < 1.29 is 18.4 Å². The van der Waals surface area contributed by atoms with Gasteiger partial charge in [0.2, 0.25) is 0 Å². The molecular formula is C21H13F2N3O2S. The van der Waals surface area contributed by atoms with Crippen molar-refractivity contribution in [3.8, 4) is 5.69 Å². The Hall–Kier alpha value is -3.65. The minimum Gasteiger partial charge on any atom is -0.314 e. The summed E-state index contributed by atoms with van der Waals surface area (Å²) in [7, 11) is 0. The van der Waals surface area contributed by atoms with E-state index in [-0.39, 0.29) is 22.1 Å². The summed E-state index contributed by atoms with van der Waals surface area (Å²) in [4.78, 5) is 26.4. The van der Waals surface area contributed by atoms with Crippen LogP contribution in [0.4, 0.5) is 14.5 Å². The van der Waals surface area contributed by atoms with Crippen molar-refractivity contribution in [1.82, 2.24) is 9.88 Å². The first-order chi connectivity index (χ1) is 14.0. The van der Waals surface area contributed by atoms with E-state index >= 15 is 0 Å². The summed E-state index contributed by atoms with van der Waals surface area (Å²) in [6.45, 7) is 0. The summed E-state index contributed by atoms with van der Waals surface area (Å²) in [6.07, 6.45) is 2.93. The molecule has 0 spiro atoms. The molecule has 29 heavy (non-hydrogen) atoms. The highest BCUT2D eigenvalue weighted by Gasteiger charge is 2.35. The molecule has 0 radical (unpaired) electrons. The van der Waals surface area contributed by atoms with Crippen LogP contribution < -0.4 is 10.2 Å². The highest BCUT2D eigenvalue weighted by Crippen LogP contribution is 2.25.